The van der Waals surface area contributed by atoms with Crippen LogP contribution < -0.4 is 4.74 Å². The SMILES string of the molecule is ClCOc1cccc(I)c1. The maximum atomic E-state index is 5.36. The van der Waals surface area contributed by atoms with Gasteiger partial charge in [-0.05, 0) is 40.8 Å². The van der Waals surface area contributed by atoms with Crippen LogP contribution in [0, 0.1) is 3.57 Å². The summed E-state index contributed by atoms with van der Waals surface area (Å²) in [5.74, 6) is 0.821. The fourth-order valence-corrected chi connectivity index (χ4v) is 1.26. The molecule has 0 fully saturated rings. The van der Waals surface area contributed by atoms with E-state index in [9.17, 15) is 0 Å². The number of alkyl halides is 1. The molecule has 0 saturated carbocycles. The number of benzene rings is 1. The molecule has 0 aliphatic rings. The van der Waals surface area contributed by atoms with Gasteiger partial charge in [0, 0.05) is 3.57 Å². The molecule has 0 heterocycles. The number of rotatable bonds is 2. The lowest BCUT2D eigenvalue weighted by atomic mass is 10.3. The highest BCUT2D eigenvalue weighted by Gasteiger charge is 1.90. The van der Waals surface area contributed by atoms with Gasteiger partial charge in [-0.15, -0.1) is 0 Å². The molecule has 1 aromatic rings. The van der Waals surface area contributed by atoms with Crippen LogP contribution in [0.4, 0.5) is 0 Å². The molecule has 0 aliphatic carbocycles. The standard InChI is InChI=1S/C7H6ClIO/c8-5-10-7-3-1-2-6(9)4-7/h1-4H,5H2. The number of hydrogen-bond acceptors (Lipinski definition) is 1. The molecule has 1 aromatic carbocycles. The van der Waals surface area contributed by atoms with E-state index in [0.29, 0.717) is 0 Å². The molecule has 0 saturated heterocycles. The summed E-state index contributed by atoms with van der Waals surface area (Å²) in [5.41, 5.74) is 0. The molecule has 0 unspecified atom stereocenters. The minimum absolute atomic E-state index is 0.208. The molecule has 0 bridgehead atoms. The summed E-state index contributed by atoms with van der Waals surface area (Å²) in [7, 11) is 0. The van der Waals surface area contributed by atoms with Gasteiger partial charge in [0.2, 0.25) is 0 Å². The third-order valence-electron chi connectivity index (χ3n) is 1.02. The van der Waals surface area contributed by atoms with Gasteiger partial charge in [0.25, 0.3) is 0 Å². The molecule has 54 valence electrons. The largest absolute Gasteiger partial charge is 0.478 e. The van der Waals surface area contributed by atoms with Crippen LogP contribution in [0.5, 0.6) is 5.75 Å². The van der Waals surface area contributed by atoms with E-state index in [1.54, 1.807) is 0 Å². The lowest BCUT2D eigenvalue weighted by Gasteiger charge is -1.99. The highest BCUT2D eigenvalue weighted by molar-refractivity contribution is 14.1. The Balaban J connectivity index is 2.75. The van der Waals surface area contributed by atoms with Crippen LogP contribution in [0.3, 0.4) is 0 Å². The van der Waals surface area contributed by atoms with E-state index in [1.807, 2.05) is 24.3 Å². The topological polar surface area (TPSA) is 9.23 Å². The molecule has 0 amide bonds. The Hall–Kier alpha value is 0.0400. The summed E-state index contributed by atoms with van der Waals surface area (Å²) < 4.78 is 6.20. The predicted octanol–water partition coefficient (Wildman–Crippen LogP) is 2.87. The molecular formula is C7H6ClIO. The average molecular weight is 268 g/mol. The third-order valence-corrected chi connectivity index (χ3v) is 1.80. The van der Waals surface area contributed by atoms with Gasteiger partial charge in [0.15, 0.2) is 6.07 Å². The van der Waals surface area contributed by atoms with E-state index in [-0.39, 0.29) is 6.07 Å². The number of halogens is 2. The van der Waals surface area contributed by atoms with Gasteiger partial charge in [-0.1, -0.05) is 17.7 Å². The molecule has 1 rings (SSSR count). The summed E-state index contributed by atoms with van der Waals surface area (Å²) in [6.45, 7) is 0. The second kappa shape index (κ2) is 4.03. The quantitative estimate of drug-likeness (QED) is 0.592. The van der Waals surface area contributed by atoms with Crippen LogP contribution in [-0.2, 0) is 0 Å². The second-order valence-corrected chi connectivity index (χ2v) is 3.17. The summed E-state index contributed by atoms with van der Waals surface area (Å²) >= 11 is 7.59. The van der Waals surface area contributed by atoms with Crippen molar-refractivity contribution in [1.82, 2.24) is 0 Å². The molecule has 0 radical (unpaired) electrons. The van der Waals surface area contributed by atoms with Gasteiger partial charge in [-0.25, -0.2) is 0 Å². The summed E-state index contributed by atoms with van der Waals surface area (Å²) in [6, 6.07) is 7.96. The minimum atomic E-state index is 0.208. The Morgan fingerprint density at radius 3 is 2.90 bits per heavy atom. The zero-order valence-corrected chi connectivity index (χ0v) is 8.09. The maximum Gasteiger partial charge on any atom is 0.162 e. The van der Waals surface area contributed by atoms with Crippen molar-refractivity contribution in [2.75, 3.05) is 6.07 Å². The first-order valence-electron chi connectivity index (χ1n) is 2.77. The van der Waals surface area contributed by atoms with Crippen molar-refractivity contribution in [2.45, 2.75) is 0 Å². The monoisotopic (exact) mass is 268 g/mol. The summed E-state index contributed by atoms with van der Waals surface area (Å²) in [6.07, 6.45) is 0. The van der Waals surface area contributed by atoms with E-state index in [4.69, 9.17) is 16.3 Å². The zero-order chi connectivity index (χ0) is 7.40. The molecule has 1 nitrogen and oxygen atoms in total. The Kier molecular flexibility index (Phi) is 3.28. The van der Waals surface area contributed by atoms with Crippen molar-refractivity contribution in [3.05, 3.63) is 27.8 Å². The van der Waals surface area contributed by atoms with Gasteiger partial charge in [0.1, 0.15) is 5.75 Å². The fourth-order valence-electron chi connectivity index (χ4n) is 0.620. The van der Waals surface area contributed by atoms with Crippen molar-refractivity contribution in [3.8, 4) is 5.75 Å². The van der Waals surface area contributed by atoms with Crippen molar-refractivity contribution >= 4 is 34.2 Å². The number of hydrogen-bond donors (Lipinski definition) is 0. The maximum absolute atomic E-state index is 5.36. The van der Waals surface area contributed by atoms with Gasteiger partial charge in [-0.3, -0.25) is 0 Å². The fraction of sp³-hybridized carbons (Fsp3) is 0.143. The molecule has 0 atom stereocenters. The van der Waals surface area contributed by atoms with Gasteiger partial charge in [0.05, 0.1) is 0 Å². The second-order valence-electron chi connectivity index (χ2n) is 1.71. The first-order valence-corrected chi connectivity index (χ1v) is 4.38. The summed E-state index contributed by atoms with van der Waals surface area (Å²) in [5, 5.41) is 0. The predicted molar refractivity (Wildman–Crippen MR) is 50.5 cm³/mol. The van der Waals surface area contributed by atoms with Gasteiger partial charge in [-0.2, -0.15) is 0 Å². The van der Waals surface area contributed by atoms with Crippen molar-refractivity contribution < 1.29 is 4.74 Å². The Bertz CT molecular complexity index is 215. The normalized spacial score (nSPS) is 9.40. The molecule has 3 heteroatoms. The molecule has 0 aliphatic heterocycles. The Morgan fingerprint density at radius 1 is 1.50 bits per heavy atom. The van der Waals surface area contributed by atoms with E-state index in [1.165, 1.54) is 0 Å². The van der Waals surface area contributed by atoms with E-state index in [2.05, 4.69) is 22.6 Å². The Labute approximate surface area is 78.5 Å². The van der Waals surface area contributed by atoms with Crippen molar-refractivity contribution in [2.24, 2.45) is 0 Å². The van der Waals surface area contributed by atoms with Gasteiger partial charge < -0.3 is 4.74 Å². The first-order chi connectivity index (χ1) is 4.83. The number of ether oxygens (including phenoxy) is 1. The van der Waals surface area contributed by atoms with Crippen LogP contribution in [0.15, 0.2) is 24.3 Å². The van der Waals surface area contributed by atoms with Crippen molar-refractivity contribution in [1.29, 1.82) is 0 Å². The molecule has 0 aromatic heterocycles. The van der Waals surface area contributed by atoms with E-state index in [0.717, 1.165) is 9.32 Å². The van der Waals surface area contributed by atoms with Gasteiger partial charge >= 0.3 is 0 Å². The van der Waals surface area contributed by atoms with Crippen LogP contribution in [0.1, 0.15) is 0 Å². The highest BCUT2D eigenvalue weighted by Crippen LogP contribution is 2.14. The van der Waals surface area contributed by atoms with Crippen LogP contribution in [0.2, 0.25) is 0 Å². The molecule has 0 N–H and O–H groups in total. The first kappa shape index (κ1) is 8.14. The lowest BCUT2D eigenvalue weighted by molar-refractivity contribution is 0.388. The molecular weight excluding hydrogens is 262 g/mol. The smallest absolute Gasteiger partial charge is 0.162 e. The molecule has 10 heavy (non-hydrogen) atoms. The van der Waals surface area contributed by atoms with E-state index >= 15 is 0 Å². The van der Waals surface area contributed by atoms with Crippen LogP contribution in [0.25, 0.3) is 0 Å². The lowest BCUT2D eigenvalue weighted by Crippen LogP contribution is -1.88. The average Bonchev–Trinajstić information content (AvgIpc) is 1.88. The minimum Gasteiger partial charge on any atom is -0.478 e. The zero-order valence-electron chi connectivity index (χ0n) is 5.18. The highest BCUT2D eigenvalue weighted by atomic mass is 127. The summed E-state index contributed by atoms with van der Waals surface area (Å²) in [4.78, 5) is 0. The molecule has 0 spiro atoms. The van der Waals surface area contributed by atoms with Crippen molar-refractivity contribution in [3.63, 3.8) is 0 Å². The van der Waals surface area contributed by atoms with Crippen LogP contribution in [-0.4, -0.2) is 6.07 Å². The Morgan fingerprint density at radius 2 is 2.30 bits per heavy atom. The third kappa shape index (κ3) is 2.34. The van der Waals surface area contributed by atoms with Crippen LogP contribution >= 0.6 is 34.2 Å². The van der Waals surface area contributed by atoms with E-state index < -0.39 is 0 Å².